The number of aromatic nitrogens is 2. The predicted octanol–water partition coefficient (Wildman–Crippen LogP) is 1.19. The van der Waals surface area contributed by atoms with E-state index in [0.717, 1.165) is 11.3 Å². The van der Waals surface area contributed by atoms with Crippen LogP contribution in [0.1, 0.15) is 26.5 Å². The summed E-state index contributed by atoms with van der Waals surface area (Å²) in [5.74, 6) is -0.342. The number of imidazole rings is 1. The molecule has 0 unspecified atom stereocenters. The van der Waals surface area contributed by atoms with Gasteiger partial charge in [0.25, 0.3) is 0 Å². The molecule has 3 rings (SSSR count). The number of hydrogen-bond acceptors (Lipinski definition) is 4. The third-order valence-corrected chi connectivity index (χ3v) is 2.87. The number of ether oxygens (including phenoxy) is 1. The molecule has 0 saturated heterocycles. The largest absolute Gasteiger partial charge is 0.386 e. The Kier molecular flexibility index (Phi) is 1.53. The highest BCUT2D eigenvalue weighted by Crippen LogP contribution is 2.25. The molecule has 0 bridgehead atoms. The molecule has 0 spiro atoms. The highest BCUT2D eigenvalue weighted by atomic mass is 16.6. The summed E-state index contributed by atoms with van der Waals surface area (Å²) in [6.07, 6.45) is 0. The van der Waals surface area contributed by atoms with Gasteiger partial charge in [-0.1, -0.05) is 0 Å². The summed E-state index contributed by atoms with van der Waals surface area (Å²) >= 11 is 0. The van der Waals surface area contributed by atoms with Gasteiger partial charge in [-0.05, 0) is 19.1 Å². The zero-order valence-corrected chi connectivity index (χ0v) is 8.77. The maximum atomic E-state index is 11.4. The molecular weight excluding hydrogens is 208 g/mol. The molecule has 1 aliphatic rings. The number of cyclic esters (lactones) is 2. The van der Waals surface area contributed by atoms with Gasteiger partial charge in [-0.25, -0.2) is 14.6 Å². The Morgan fingerprint density at radius 1 is 1.19 bits per heavy atom. The molecule has 0 N–H and O–H groups in total. The van der Waals surface area contributed by atoms with Gasteiger partial charge in [0.2, 0.25) is 0 Å². The fourth-order valence-corrected chi connectivity index (χ4v) is 1.89. The number of benzene rings is 1. The summed E-state index contributed by atoms with van der Waals surface area (Å²) in [7, 11) is 1.86. The van der Waals surface area contributed by atoms with Crippen molar-refractivity contribution in [3.8, 4) is 0 Å². The molecule has 0 aliphatic carbocycles. The lowest BCUT2D eigenvalue weighted by Crippen LogP contribution is -1.97. The van der Waals surface area contributed by atoms with E-state index in [9.17, 15) is 9.59 Å². The fourth-order valence-electron chi connectivity index (χ4n) is 1.89. The second-order valence-electron chi connectivity index (χ2n) is 3.78. The van der Waals surface area contributed by atoms with E-state index in [1.807, 2.05) is 18.5 Å². The van der Waals surface area contributed by atoms with E-state index in [4.69, 9.17) is 0 Å². The van der Waals surface area contributed by atoms with Crippen LogP contribution in [0.2, 0.25) is 0 Å². The van der Waals surface area contributed by atoms with E-state index in [1.54, 1.807) is 12.1 Å². The van der Waals surface area contributed by atoms with Crippen LogP contribution in [0.25, 0.3) is 11.0 Å². The molecule has 0 amide bonds. The first-order valence-corrected chi connectivity index (χ1v) is 4.81. The summed E-state index contributed by atoms with van der Waals surface area (Å²) in [5, 5.41) is 0. The summed E-state index contributed by atoms with van der Waals surface area (Å²) in [6, 6.07) is 3.25. The van der Waals surface area contributed by atoms with E-state index < -0.39 is 11.9 Å². The van der Waals surface area contributed by atoms with Crippen LogP contribution in [0.15, 0.2) is 12.1 Å². The molecule has 0 radical (unpaired) electrons. The van der Waals surface area contributed by atoms with Crippen LogP contribution >= 0.6 is 0 Å². The van der Waals surface area contributed by atoms with Crippen molar-refractivity contribution in [3.63, 3.8) is 0 Å². The van der Waals surface area contributed by atoms with Crippen molar-refractivity contribution in [2.24, 2.45) is 7.05 Å². The van der Waals surface area contributed by atoms with Gasteiger partial charge in [-0.3, -0.25) is 0 Å². The molecule has 16 heavy (non-hydrogen) atoms. The molecule has 1 aromatic heterocycles. The number of rotatable bonds is 0. The van der Waals surface area contributed by atoms with Crippen LogP contribution in [0.3, 0.4) is 0 Å². The van der Waals surface area contributed by atoms with Gasteiger partial charge in [0, 0.05) is 7.05 Å². The molecule has 1 aliphatic heterocycles. The zero-order valence-electron chi connectivity index (χ0n) is 8.77. The SMILES string of the molecule is Cc1nc2cc3c(cc2n1C)C(=O)OC3=O. The minimum atomic E-state index is -0.592. The number of carbonyl (C=O) groups is 2. The van der Waals surface area contributed by atoms with Crippen molar-refractivity contribution < 1.29 is 14.3 Å². The van der Waals surface area contributed by atoms with Crippen LogP contribution in [0, 0.1) is 6.92 Å². The van der Waals surface area contributed by atoms with Crippen molar-refractivity contribution >= 4 is 23.0 Å². The van der Waals surface area contributed by atoms with Crippen LogP contribution in [0.4, 0.5) is 0 Å². The minimum Gasteiger partial charge on any atom is -0.386 e. The van der Waals surface area contributed by atoms with Gasteiger partial charge >= 0.3 is 11.9 Å². The molecule has 2 heterocycles. The number of esters is 2. The van der Waals surface area contributed by atoms with Gasteiger partial charge in [0.1, 0.15) is 5.82 Å². The topological polar surface area (TPSA) is 61.2 Å². The molecular formula is C11H8N2O3. The number of aryl methyl sites for hydroxylation is 2. The van der Waals surface area contributed by atoms with E-state index in [0.29, 0.717) is 16.6 Å². The second kappa shape index (κ2) is 2.69. The number of nitrogens with zero attached hydrogens (tertiary/aromatic N) is 2. The number of fused-ring (bicyclic) bond motifs is 2. The summed E-state index contributed by atoms with van der Waals surface area (Å²) in [6.45, 7) is 1.87. The molecule has 0 atom stereocenters. The van der Waals surface area contributed by atoms with E-state index in [-0.39, 0.29) is 0 Å². The van der Waals surface area contributed by atoms with Crippen LogP contribution in [0.5, 0.6) is 0 Å². The first-order valence-electron chi connectivity index (χ1n) is 4.81. The smallest absolute Gasteiger partial charge is 0.346 e. The van der Waals surface area contributed by atoms with E-state index in [1.165, 1.54) is 0 Å². The molecule has 0 fully saturated rings. The highest BCUT2D eigenvalue weighted by molar-refractivity contribution is 6.16. The average molecular weight is 216 g/mol. The van der Waals surface area contributed by atoms with Gasteiger partial charge < -0.3 is 9.30 Å². The Hall–Kier alpha value is -2.17. The lowest BCUT2D eigenvalue weighted by Gasteiger charge is -1.97. The van der Waals surface area contributed by atoms with Gasteiger partial charge in [0.05, 0.1) is 22.2 Å². The predicted molar refractivity (Wildman–Crippen MR) is 55.2 cm³/mol. The first-order chi connectivity index (χ1) is 7.58. The highest BCUT2D eigenvalue weighted by Gasteiger charge is 2.30. The second-order valence-corrected chi connectivity index (χ2v) is 3.78. The molecule has 5 nitrogen and oxygen atoms in total. The maximum absolute atomic E-state index is 11.4. The summed E-state index contributed by atoms with van der Waals surface area (Å²) in [4.78, 5) is 27.0. The monoisotopic (exact) mass is 216 g/mol. The molecule has 0 saturated carbocycles. The maximum Gasteiger partial charge on any atom is 0.346 e. The van der Waals surface area contributed by atoms with Gasteiger partial charge in [-0.15, -0.1) is 0 Å². The summed E-state index contributed by atoms with van der Waals surface area (Å²) in [5.41, 5.74) is 2.14. The Labute approximate surface area is 90.6 Å². The Balaban J connectivity index is 2.43. The third kappa shape index (κ3) is 0.970. The number of carbonyl (C=O) groups excluding carboxylic acids is 2. The Bertz CT molecular complexity index is 655. The molecule has 5 heteroatoms. The Morgan fingerprint density at radius 3 is 2.50 bits per heavy atom. The lowest BCUT2D eigenvalue weighted by molar-refractivity contribution is 0.0444. The minimum absolute atomic E-state index is 0.301. The van der Waals surface area contributed by atoms with Crippen LogP contribution < -0.4 is 0 Å². The van der Waals surface area contributed by atoms with E-state index >= 15 is 0 Å². The molecule has 80 valence electrons. The summed E-state index contributed by atoms with van der Waals surface area (Å²) < 4.78 is 6.39. The zero-order chi connectivity index (χ0) is 11.4. The number of hydrogen-bond donors (Lipinski definition) is 0. The van der Waals surface area contributed by atoms with Crippen molar-refractivity contribution in [2.75, 3.05) is 0 Å². The van der Waals surface area contributed by atoms with Gasteiger partial charge in [0.15, 0.2) is 0 Å². The van der Waals surface area contributed by atoms with Gasteiger partial charge in [-0.2, -0.15) is 0 Å². The Morgan fingerprint density at radius 2 is 1.81 bits per heavy atom. The van der Waals surface area contributed by atoms with Crippen LogP contribution in [-0.4, -0.2) is 21.5 Å². The average Bonchev–Trinajstić information content (AvgIpc) is 2.67. The molecule has 1 aromatic carbocycles. The first kappa shape index (κ1) is 9.08. The standard InChI is InChI=1S/C11H8N2O3/c1-5-12-8-3-6-7(4-9(8)13(5)2)11(15)16-10(6)14/h3-4H,1-2H3. The molecule has 2 aromatic rings. The van der Waals surface area contributed by atoms with Crippen molar-refractivity contribution in [3.05, 3.63) is 29.1 Å². The van der Waals surface area contributed by atoms with E-state index in [2.05, 4.69) is 9.72 Å². The van der Waals surface area contributed by atoms with Crippen molar-refractivity contribution in [1.29, 1.82) is 0 Å². The normalized spacial score (nSPS) is 14.4. The third-order valence-electron chi connectivity index (χ3n) is 2.87. The fraction of sp³-hybridized carbons (Fsp3) is 0.182. The lowest BCUT2D eigenvalue weighted by atomic mass is 10.1. The van der Waals surface area contributed by atoms with Crippen LogP contribution in [-0.2, 0) is 11.8 Å². The quantitative estimate of drug-likeness (QED) is 0.490. The van der Waals surface area contributed by atoms with Crippen molar-refractivity contribution in [2.45, 2.75) is 6.92 Å². The van der Waals surface area contributed by atoms with Crippen molar-refractivity contribution in [1.82, 2.24) is 9.55 Å².